The van der Waals surface area contributed by atoms with Gasteiger partial charge in [-0.25, -0.2) is 0 Å². The molecule has 0 aromatic heterocycles. The molecule has 2 aromatic rings. The minimum atomic E-state index is 0.457. The zero-order valence-electron chi connectivity index (χ0n) is 14.9. The van der Waals surface area contributed by atoms with Gasteiger partial charge in [0.05, 0.1) is 0 Å². The normalized spacial score (nSPS) is 24.8. The number of fused-ring (bicyclic) bond motifs is 2. The molecule has 1 aliphatic heterocycles. The number of benzene rings is 2. The highest BCUT2D eigenvalue weighted by Crippen LogP contribution is 2.37. The van der Waals surface area contributed by atoms with E-state index in [1.807, 2.05) is 12.1 Å². The second-order valence-electron chi connectivity index (χ2n) is 7.94. The average Bonchev–Trinajstić information content (AvgIpc) is 2.98. The molecule has 4 rings (SSSR count). The largest absolute Gasteiger partial charge is 0.303 e. The molecule has 1 saturated heterocycles. The van der Waals surface area contributed by atoms with Crippen molar-refractivity contribution in [1.82, 2.24) is 4.90 Å². The molecule has 0 spiro atoms. The summed E-state index contributed by atoms with van der Waals surface area (Å²) in [4.78, 5) is 2.73. The van der Waals surface area contributed by atoms with E-state index in [1.54, 1.807) is 0 Å². The number of likely N-dealkylation sites (tertiary alicyclic amines) is 1. The summed E-state index contributed by atoms with van der Waals surface area (Å²) in [6.45, 7) is 3.81. The van der Waals surface area contributed by atoms with Crippen molar-refractivity contribution in [1.29, 1.82) is 0 Å². The van der Waals surface area contributed by atoms with Gasteiger partial charge in [0.1, 0.15) is 0 Å². The van der Waals surface area contributed by atoms with Gasteiger partial charge in [0.25, 0.3) is 0 Å². The number of nitrogens with zero attached hydrogens (tertiary/aromatic N) is 1. The Hall–Kier alpha value is -1.31. The Balaban J connectivity index is 1.47. The lowest BCUT2D eigenvalue weighted by Gasteiger charge is -2.27. The third-order valence-electron chi connectivity index (χ3n) is 6.23. The van der Waals surface area contributed by atoms with Crippen LogP contribution in [0.2, 0.25) is 5.02 Å². The molecular formula is C23H28ClN. The molecule has 2 heteroatoms. The maximum atomic E-state index is 6.11. The van der Waals surface area contributed by atoms with Crippen LogP contribution in [0.4, 0.5) is 0 Å². The van der Waals surface area contributed by atoms with E-state index in [0.717, 1.165) is 16.9 Å². The van der Waals surface area contributed by atoms with Crippen molar-refractivity contribution in [2.75, 3.05) is 19.6 Å². The van der Waals surface area contributed by atoms with Gasteiger partial charge in [0.15, 0.2) is 0 Å². The van der Waals surface area contributed by atoms with Crippen molar-refractivity contribution in [2.45, 2.75) is 38.0 Å². The van der Waals surface area contributed by atoms with Gasteiger partial charge >= 0.3 is 0 Å². The fourth-order valence-electron chi connectivity index (χ4n) is 4.85. The zero-order chi connectivity index (χ0) is 17.1. The molecule has 3 unspecified atom stereocenters. The SMILES string of the molecule is Clc1ccc(C(CCN2CCC3CCC(C3)C2)c2ccccc2)cc1. The average molecular weight is 354 g/mol. The maximum absolute atomic E-state index is 6.11. The Morgan fingerprint density at radius 2 is 1.60 bits per heavy atom. The van der Waals surface area contributed by atoms with E-state index < -0.39 is 0 Å². The molecule has 0 N–H and O–H groups in total. The zero-order valence-corrected chi connectivity index (χ0v) is 15.7. The van der Waals surface area contributed by atoms with E-state index >= 15 is 0 Å². The maximum Gasteiger partial charge on any atom is 0.0406 e. The van der Waals surface area contributed by atoms with Crippen molar-refractivity contribution in [2.24, 2.45) is 11.8 Å². The van der Waals surface area contributed by atoms with E-state index in [1.165, 1.54) is 62.9 Å². The predicted octanol–water partition coefficient (Wildman–Crippen LogP) is 5.98. The summed E-state index contributed by atoms with van der Waals surface area (Å²) in [5, 5.41) is 0.819. The molecule has 1 heterocycles. The van der Waals surface area contributed by atoms with Crippen molar-refractivity contribution in [3.63, 3.8) is 0 Å². The number of hydrogen-bond donors (Lipinski definition) is 0. The summed E-state index contributed by atoms with van der Waals surface area (Å²) < 4.78 is 0. The number of hydrogen-bond acceptors (Lipinski definition) is 1. The lowest BCUT2D eigenvalue weighted by Crippen LogP contribution is -2.31. The molecule has 3 atom stereocenters. The summed E-state index contributed by atoms with van der Waals surface area (Å²) in [5.74, 6) is 2.42. The van der Waals surface area contributed by atoms with Crippen molar-refractivity contribution in [3.05, 3.63) is 70.7 Å². The van der Waals surface area contributed by atoms with Gasteiger partial charge in [-0.05, 0) is 73.9 Å². The fraction of sp³-hybridized carbons (Fsp3) is 0.478. The molecule has 1 aliphatic carbocycles. The van der Waals surface area contributed by atoms with Crippen LogP contribution in [0.5, 0.6) is 0 Å². The molecule has 1 saturated carbocycles. The molecule has 2 aromatic carbocycles. The molecule has 2 aliphatic rings. The van der Waals surface area contributed by atoms with Crippen LogP contribution in [-0.4, -0.2) is 24.5 Å². The monoisotopic (exact) mass is 353 g/mol. The summed E-state index contributed by atoms with van der Waals surface area (Å²) >= 11 is 6.11. The fourth-order valence-corrected chi connectivity index (χ4v) is 4.98. The molecule has 1 nitrogen and oxygen atoms in total. The van der Waals surface area contributed by atoms with Crippen LogP contribution in [0.3, 0.4) is 0 Å². The van der Waals surface area contributed by atoms with Gasteiger partial charge in [0, 0.05) is 17.5 Å². The van der Waals surface area contributed by atoms with Crippen LogP contribution in [0, 0.1) is 11.8 Å². The highest BCUT2D eigenvalue weighted by Gasteiger charge is 2.30. The molecular weight excluding hydrogens is 326 g/mol. The Morgan fingerprint density at radius 3 is 2.40 bits per heavy atom. The van der Waals surface area contributed by atoms with E-state index in [-0.39, 0.29) is 0 Å². The standard InChI is InChI=1S/C23H28ClN/c24-22-10-8-21(9-11-22)23(20-4-2-1-3-5-20)13-15-25-14-12-18-6-7-19(16-18)17-25/h1-5,8-11,18-19,23H,6-7,12-17H2. The topological polar surface area (TPSA) is 3.24 Å². The molecule has 2 bridgehead atoms. The van der Waals surface area contributed by atoms with Crippen LogP contribution in [0.25, 0.3) is 0 Å². The van der Waals surface area contributed by atoms with Crippen LogP contribution in [-0.2, 0) is 0 Å². The van der Waals surface area contributed by atoms with Crippen LogP contribution in [0.1, 0.15) is 49.1 Å². The molecule has 0 radical (unpaired) electrons. The van der Waals surface area contributed by atoms with Gasteiger partial charge in [-0.2, -0.15) is 0 Å². The van der Waals surface area contributed by atoms with Crippen LogP contribution < -0.4 is 0 Å². The highest BCUT2D eigenvalue weighted by atomic mass is 35.5. The predicted molar refractivity (Wildman–Crippen MR) is 106 cm³/mol. The van der Waals surface area contributed by atoms with Gasteiger partial charge < -0.3 is 4.90 Å². The van der Waals surface area contributed by atoms with Crippen molar-refractivity contribution in [3.8, 4) is 0 Å². The Kier molecular flexibility index (Phi) is 5.43. The van der Waals surface area contributed by atoms with Crippen molar-refractivity contribution < 1.29 is 0 Å². The molecule has 132 valence electrons. The van der Waals surface area contributed by atoms with Gasteiger partial charge in [-0.15, -0.1) is 0 Å². The third kappa shape index (κ3) is 4.27. The Morgan fingerprint density at radius 1 is 0.880 bits per heavy atom. The van der Waals surface area contributed by atoms with Gasteiger partial charge in [-0.3, -0.25) is 0 Å². The summed E-state index contributed by atoms with van der Waals surface area (Å²) in [6.07, 6.45) is 7.02. The van der Waals surface area contributed by atoms with E-state index in [4.69, 9.17) is 11.6 Å². The second-order valence-corrected chi connectivity index (χ2v) is 8.37. The lowest BCUT2D eigenvalue weighted by atomic mass is 9.88. The number of rotatable bonds is 5. The third-order valence-corrected chi connectivity index (χ3v) is 6.48. The number of halogens is 1. The minimum Gasteiger partial charge on any atom is -0.303 e. The minimum absolute atomic E-state index is 0.457. The van der Waals surface area contributed by atoms with E-state index in [0.29, 0.717) is 5.92 Å². The van der Waals surface area contributed by atoms with E-state index in [9.17, 15) is 0 Å². The Labute approximate surface area is 157 Å². The van der Waals surface area contributed by atoms with Crippen LogP contribution in [0.15, 0.2) is 54.6 Å². The molecule has 2 fully saturated rings. The first-order valence-electron chi connectivity index (χ1n) is 9.80. The van der Waals surface area contributed by atoms with E-state index in [2.05, 4.69) is 47.4 Å². The quantitative estimate of drug-likeness (QED) is 0.638. The first-order chi connectivity index (χ1) is 12.3. The van der Waals surface area contributed by atoms with Gasteiger partial charge in [-0.1, -0.05) is 60.5 Å². The van der Waals surface area contributed by atoms with Gasteiger partial charge in [0.2, 0.25) is 0 Å². The molecule has 0 amide bonds. The Bertz CT molecular complexity index is 666. The molecule has 25 heavy (non-hydrogen) atoms. The highest BCUT2D eigenvalue weighted by molar-refractivity contribution is 6.30. The summed E-state index contributed by atoms with van der Waals surface area (Å²) in [7, 11) is 0. The first-order valence-corrected chi connectivity index (χ1v) is 10.2. The smallest absolute Gasteiger partial charge is 0.0406 e. The van der Waals surface area contributed by atoms with Crippen LogP contribution >= 0.6 is 11.6 Å². The second kappa shape index (κ2) is 7.93. The van der Waals surface area contributed by atoms with Crippen molar-refractivity contribution >= 4 is 11.6 Å². The summed E-state index contributed by atoms with van der Waals surface area (Å²) in [5.41, 5.74) is 2.80. The summed E-state index contributed by atoms with van der Waals surface area (Å²) in [6, 6.07) is 19.4. The first kappa shape index (κ1) is 17.1. The lowest BCUT2D eigenvalue weighted by molar-refractivity contribution is 0.231.